The van der Waals surface area contributed by atoms with E-state index >= 15 is 0 Å². The van der Waals surface area contributed by atoms with Crippen LogP contribution >= 0.6 is 11.9 Å². The summed E-state index contributed by atoms with van der Waals surface area (Å²) in [6, 6.07) is 8.07. The third-order valence-electron chi connectivity index (χ3n) is 3.79. The Morgan fingerprint density at radius 2 is 1.85 bits per heavy atom. The van der Waals surface area contributed by atoms with Crippen molar-refractivity contribution in [2.75, 3.05) is 13.2 Å². The minimum Gasteiger partial charge on any atom is -0.399 e. The van der Waals surface area contributed by atoms with Crippen molar-refractivity contribution < 1.29 is 14.4 Å². The minimum atomic E-state index is -0.335. The molecule has 0 radical (unpaired) electrons. The molecular formula is C14H22BNO3S. The van der Waals surface area contributed by atoms with Gasteiger partial charge in [0, 0.05) is 11.4 Å². The zero-order chi connectivity index (χ0) is 14.8. The van der Waals surface area contributed by atoms with Gasteiger partial charge in [0.1, 0.15) is 0 Å². The van der Waals surface area contributed by atoms with E-state index in [4.69, 9.17) is 14.4 Å². The quantitative estimate of drug-likeness (QED) is 0.491. The lowest BCUT2D eigenvalue weighted by atomic mass is 9.79. The average Bonchev–Trinajstić information content (AvgIpc) is 2.59. The van der Waals surface area contributed by atoms with Crippen molar-refractivity contribution in [1.29, 1.82) is 0 Å². The third kappa shape index (κ3) is 3.38. The maximum Gasteiger partial charge on any atom is 0.494 e. The molecule has 1 saturated heterocycles. The highest BCUT2D eigenvalue weighted by atomic mass is 32.2. The first-order valence-electron chi connectivity index (χ1n) is 6.82. The minimum absolute atomic E-state index is 0.129. The van der Waals surface area contributed by atoms with E-state index in [-0.39, 0.29) is 24.9 Å². The lowest BCUT2D eigenvalue weighted by molar-refractivity contribution is 0.00578. The molecule has 0 amide bonds. The summed E-state index contributed by atoms with van der Waals surface area (Å²) in [6.07, 6.45) is 0. The van der Waals surface area contributed by atoms with Crippen LogP contribution < -0.4 is 10.2 Å². The van der Waals surface area contributed by atoms with Crippen LogP contribution in [0.25, 0.3) is 0 Å². The smallest absolute Gasteiger partial charge is 0.399 e. The molecule has 1 aromatic carbocycles. The van der Waals surface area contributed by atoms with E-state index in [9.17, 15) is 0 Å². The van der Waals surface area contributed by atoms with Crippen molar-refractivity contribution in [3.05, 3.63) is 24.3 Å². The highest BCUT2D eigenvalue weighted by Gasteiger charge is 2.51. The summed E-state index contributed by atoms with van der Waals surface area (Å²) < 4.78 is 15.2. The molecule has 2 N–H and O–H groups in total. The van der Waals surface area contributed by atoms with Gasteiger partial charge in [-0.05, 0) is 57.2 Å². The summed E-state index contributed by atoms with van der Waals surface area (Å²) in [5.41, 5.74) is 0.366. The monoisotopic (exact) mass is 295 g/mol. The normalized spacial score (nSPS) is 20.4. The highest BCUT2D eigenvalue weighted by molar-refractivity contribution is 7.97. The predicted octanol–water partition coefficient (Wildman–Crippen LogP) is 1.57. The molecule has 1 heterocycles. The van der Waals surface area contributed by atoms with Gasteiger partial charge >= 0.3 is 7.12 Å². The summed E-state index contributed by atoms with van der Waals surface area (Å²) in [5.74, 6) is 0. The second kappa shape index (κ2) is 6.07. The Morgan fingerprint density at radius 1 is 1.20 bits per heavy atom. The van der Waals surface area contributed by atoms with E-state index in [1.165, 1.54) is 11.9 Å². The number of rotatable bonds is 5. The molecule has 0 unspecified atom stereocenters. The summed E-state index contributed by atoms with van der Waals surface area (Å²) in [5, 5.41) is 8.77. The SMILES string of the molecule is CC1(C)OB(c2cccc(SNCCO)c2)OC1(C)C. The Morgan fingerprint density at radius 3 is 2.45 bits per heavy atom. The van der Waals surface area contributed by atoms with Crippen molar-refractivity contribution >= 4 is 24.5 Å². The van der Waals surface area contributed by atoms with E-state index in [0.29, 0.717) is 6.54 Å². The van der Waals surface area contributed by atoms with Crippen molar-refractivity contribution in [3.63, 3.8) is 0 Å². The van der Waals surface area contributed by atoms with Gasteiger partial charge in [0.25, 0.3) is 0 Å². The van der Waals surface area contributed by atoms with Gasteiger partial charge < -0.3 is 14.4 Å². The van der Waals surface area contributed by atoms with E-state index in [1.54, 1.807) is 0 Å². The molecule has 0 spiro atoms. The molecule has 0 atom stereocenters. The third-order valence-corrected chi connectivity index (χ3v) is 4.63. The summed E-state index contributed by atoms with van der Waals surface area (Å²) in [6.45, 7) is 8.89. The molecular weight excluding hydrogens is 273 g/mol. The summed E-state index contributed by atoms with van der Waals surface area (Å²) in [4.78, 5) is 1.07. The Balaban J connectivity index is 2.09. The molecule has 6 heteroatoms. The molecule has 0 aliphatic carbocycles. The number of nitrogens with one attached hydrogen (secondary N) is 1. The van der Waals surface area contributed by atoms with Gasteiger partial charge in [0.05, 0.1) is 17.8 Å². The second-order valence-electron chi connectivity index (χ2n) is 5.88. The number of hydrogen-bond acceptors (Lipinski definition) is 5. The van der Waals surface area contributed by atoms with Crippen molar-refractivity contribution in [2.45, 2.75) is 43.8 Å². The number of aliphatic hydroxyl groups is 1. The average molecular weight is 295 g/mol. The number of hydrogen-bond donors (Lipinski definition) is 2. The van der Waals surface area contributed by atoms with Crippen LogP contribution in [-0.4, -0.2) is 36.6 Å². The molecule has 0 saturated carbocycles. The van der Waals surface area contributed by atoms with Gasteiger partial charge in [-0.1, -0.05) is 12.1 Å². The first kappa shape index (κ1) is 15.9. The van der Waals surface area contributed by atoms with E-state index in [0.717, 1.165) is 10.4 Å². The van der Waals surface area contributed by atoms with Crippen LogP contribution in [0.5, 0.6) is 0 Å². The van der Waals surface area contributed by atoms with Crippen LogP contribution in [0.15, 0.2) is 29.2 Å². The molecule has 0 bridgehead atoms. The fraction of sp³-hybridized carbons (Fsp3) is 0.571. The van der Waals surface area contributed by atoms with Gasteiger partial charge in [-0.15, -0.1) is 0 Å². The van der Waals surface area contributed by atoms with Crippen LogP contribution in [0.4, 0.5) is 0 Å². The molecule has 1 fully saturated rings. The Hall–Kier alpha value is -0.525. The van der Waals surface area contributed by atoms with Gasteiger partial charge in [-0.25, -0.2) is 0 Å². The van der Waals surface area contributed by atoms with Crippen LogP contribution in [0, 0.1) is 0 Å². The maximum absolute atomic E-state index is 8.77. The number of aliphatic hydroxyl groups excluding tert-OH is 1. The first-order valence-corrected chi connectivity index (χ1v) is 7.63. The Bertz CT molecular complexity index is 451. The van der Waals surface area contributed by atoms with E-state index in [2.05, 4.69) is 38.5 Å². The fourth-order valence-corrected chi connectivity index (χ4v) is 2.59. The van der Waals surface area contributed by atoms with Crippen LogP contribution in [0.3, 0.4) is 0 Å². The maximum atomic E-state index is 8.77. The van der Waals surface area contributed by atoms with Gasteiger partial charge in [-0.2, -0.15) is 0 Å². The Labute approximate surface area is 125 Å². The topological polar surface area (TPSA) is 50.7 Å². The summed E-state index contributed by atoms with van der Waals surface area (Å²) >= 11 is 1.50. The molecule has 20 heavy (non-hydrogen) atoms. The largest absolute Gasteiger partial charge is 0.494 e. The lowest BCUT2D eigenvalue weighted by Gasteiger charge is -2.32. The standard InChI is InChI=1S/C14H22BNO3S/c1-13(2)14(3,4)19-15(18-13)11-6-5-7-12(10-11)20-16-8-9-17/h5-7,10,16-17H,8-9H2,1-4H3. The summed E-state index contributed by atoms with van der Waals surface area (Å²) in [7, 11) is -0.335. The predicted molar refractivity (Wildman–Crippen MR) is 83.1 cm³/mol. The first-order chi connectivity index (χ1) is 9.36. The van der Waals surface area contributed by atoms with Crippen molar-refractivity contribution in [3.8, 4) is 0 Å². The van der Waals surface area contributed by atoms with Gasteiger partial charge in [0.15, 0.2) is 0 Å². The molecule has 110 valence electrons. The molecule has 1 aliphatic rings. The zero-order valence-electron chi connectivity index (χ0n) is 12.5. The lowest BCUT2D eigenvalue weighted by Crippen LogP contribution is -2.41. The molecule has 0 aromatic heterocycles. The van der Waals surface area contributed by atoms with Gasteiger partial charge in [-0.3, -0.25) is 4.72 Å². The van der Waals surface area contributed by atoms with Crippen molar-refractivity contribution in [1.82, 2.24) is 4.72 Å². The highest BCUT2D eigenvalue weighted by Crippen LogP contribution is 2.36. The molecule has 2 rings (SSSR count). The van der Waals surface area contributed by atoms with Crippen LogP contribution in [0.2, 0.25) is 0 Å². The van der Waals surface area contributed by atoms with Crippen LogP contribution in [0.1, 0.15) is 27.7 Å². The Kier molecular flexibility index (Phi) is 4.82. The fourth-order valence-electron chi connectivity index (χ4n) is 1.88. The van der Waals surface area contributed by atoms with Crippen molar-refractivity contribution in [2.24, 2.45) is 0 Å². The van der Waals surface area contributed by atoms with Gasteiger partial charge in [0.2, 0.25) is 0 Å². The number of benzene rings is 1. The van der Waals surface area contributed by atoms with Crippen LogP contribution in [-0.2, 0) is 9.31 Å². The second-order valence-corrected chi connectivity index (χ2v) is 6.84. The molecule has 1 aliphatic heterocycles. The zero-order valence-corrected chi connectivity index (χ0v) is 13.3. The van der Waals surface area contributed by atoms with E-state index < -0.39 is 0 Å². The molecule has 4 nitrogen and oxygen atoms in total. The van der Waals surface area contributed by atoms with E-state index in [1.807, 2.05) is 18.2 Å². The molecule has 1 aromatic rings.